The van der Waals surface area contributed by atoms with Gasteiger partial charge in [-0.3, -0.25) is 14.5 Å². The number of urea groups is 1. The van der Waals surface area contributed by atoms with Gasteiger partial charge in [-0.1, -0.05) is 51.0 Å². The number of carboxylic acids is 1. The molecule has 1 aromatic rings. The summed E-state index contributed by atoms with van der Waals surface area (Å²) < 4.78 is 0. The highest BCUT2D eigenvalue weighted by Crippen LogP contribution is 2.30. The van der Waals surface area contributed by atoms with E-state index in [1.54, 1.807) is 11.8 Å². The van der Waals surface area contributed by atoms with E-state index < -0.39 is 18.1 Å². The van der Waals surface area contributed by atoms with Crippen molar-refractivity contribution in [3.8, 4) is 0 Å². The number of hydrogen-bond donors (Lipinski definition) is 2. The molecule has 1 saturated heterocycles. The second-order valence-corrected chi connectivity index (χ2v) is 8.47. The largest absolute Gasteiger partial charge is 0.480 e. The molecule has 0 aliphatic carbocycles. The van der Waals surface area contributed by atoms with E-state index in [1.807, 2.05) is 31.2 Å². The molecule has 0 saturated carbocycles. The maximum absolute atomic E-state index is 12.8. The molecule has 0 bridgehead atoms. The molecule has 0 aromatic heterocycles. The zero-order valence-corrected chi connectivity index (χ0v) is 18.2. The van der Waals surface area contributed by atoms with Gasteiger partial charge in [0.2, 0.25) is 5.91 Å². The second kappa shape index (κ2) is 9.94. The Hall–Kier alpha value is -2.90. The number of benzene rings is 1. The maximum Gasteiger partial charge on any atom is 0.327 e. The molecule has 1 aromatic carbocycles. The number of carboxylic acid groups (broad SMARTS) is 1. The first-order valence-electron chi connectivity index (χ1n) is 11.0. The van der Waals surface area contributed by atoms with E-state index in [1.165, 1.54) is 4.90 Å². The zero-order valence-electron chi connectivity index (χ0n) is 18.2. The van der Waals surface area contributed by atoms with Gasteiger partial charge in [0.05, 0.1) is 0 Å². The molecule has 0 radical (unpaired) electrons. The molecule has 1 fully saturated rings. The van der Waals surface area contributed by atoms with Crippen molar-refractivity contribution in [2.24, 2.45) is 5.92 Å². The summed E-state index contributed by atoms with van der Waals surface area (Å²) in [5.74, 6) is -1.59. The van der Waals surface area contributed by atoms with E-state index >= 15 is 0 Å². The first kappa shape index (κ1) is 22.8. The van der Waals surface area contributed by atoms with Crippen LogP contribution in [0.5, 0.6) is 0 Å². The van der Waals surface area contributed by atoms with Crippen LogP contribution in [0.25, 0.3) is 0 Å². The molecule has 31 heavy (non-hydrogen) atoms. The minimum atomic E-state index is -1.02. The van der Waals surface area contributed by atoms with Gasteiger partial charge in [-0.25, -0.2) is 9.59 Å². The van der Waals surface area contributed by atoms with Crippen molar-refractivity contribution in [1.29, 1.82) is 0 Å². The van der Waals surface area contributed by atoms with E-state index in [2.05, 4.69) is 5.32 Å². The summed E-state index contributed by atoms with van der Waals surface area (Å²) in [5, 5.41) is 11.9. The Labute approximate surface area is 182 Å². The molecule has 8 nitrogen and oxygen atoms in total. The van der Waals surface area contributed by atoms with Crippen molar-refractivity contribution >= 4 is 23.8 Å². The highest BCUT2D eigenvalue weighted by atomic mass is 16.4. The number of carbonyl (C=O) groups excluding carboxylic acids is 3. The number of nitrogens with one attached hydrogen (secondary N) is 1. The lowest BCUT2D eigenvalue weighted by atomic mass is 9.95. The first-order chi connectivity index (χ1) is 14.8. The summed E-state index contributed by atoms with van der Waals surface area (Å²) in [6.45, 7) is 4.49. The molecule has 1 unspecified atom stereocenters. The predicted octanol–water partition coefficient (Wildman–Crippen LogP) is 2.55. The number of nitrogens with zero attached hydrogens (tertiary/aromatic N) is 2. The molecule has 2 aliphatic rings. The van der Waals surface area contributed by atoms with Crippen molar-refractivity contribution in [2.75, 3.05) is 6.54 Å². The number of amides is 4. The van der Waals surface area contributed by atoms with E-state index in [4.69, 9.17) is 0 Å². The summed E-state index contributed by atoms with van der Waals surface area (Å²) in [4.78, 5) is 51.9. The van der Waals surface area contributed by atoms with Crippen molar-refractivity contribution in [3.63, 3.8) is 0 Å². The van der Waals surface area contributed by atoms with Gasteiger partial charge in [0.25, 0.3) is 5.91 Å². The van der Waals surface area contributed by atoms with Crippen LogP contribution in [-0.2, 0) is 27.3 Å². The van der Waals surface area contributed by atoms with Crippen molar-refractivity contribution in [1.82, 2.24) is 15.1 Å². The van der Waals surface area contributed by atoms with Gasteiger partial charge in [-0.15, -0.1) is 0 Å². The van der Waals surface area contributed by atoms with Gasteiger partial charge in [-0.05, 0) is 29.9 Å². The Bertz CT molecular complexity index is 812. The number of hydrogen-bond acceptors (Lipinski definition) is 4. The van der Waals surface area contributed by atoms with Crippen molar-refractivity contribution in [3.05, 3.63) is 35.4 Å². The fraction of sp³-hybridized carbons (Fsp3) is 0.565. The fourth-order valence-electron chi connectivity index (χ4n) is 4.24. The van der Waals surface area contributed by atoms with Crippen LogP contribution in [0.1, 0.15) is 57.1 Å². The fourth-order valence-corrected chi connectivity index (χ4v) is 4.24. The van der Waals surface area contributed by atoms with Crippen LogP contribution in [0, 0.1) is 5.92 Å². The lowest BCUT2D eigenvalue weighted by Gasteiger charge is -2.28. The summed E-state index contributed by atoms with van der Waals surface area (Å²) in [7, 11) is 0. The van der Waals surface area contributed by atoms with Crippen LogP contribution < -0.4 is 5.32 Å². The van der Waals surface area contributed by atoms with Crippen molar-refractivity contribution in [2.45, 2.75) is 71.0 Å². The number of aliphatic carboxylic acids is 1. The Kier molecular flexibility index (Phi) is 7.30. The number of carbonyl (C=O) groups is 4. The van der Waals surface area contributed by atoms with Crippen LogP contribution >= 0.6 is 0 Å². The van der Waals surface area contributed by atoms with Crippen LogP contribution in [-0.4, -0.2) is 57.3 Å². The molecular formula is C23H31N3O5. The third kappa shape index (κ3) is 5.06. The third-order valence-corrected chi connectivity index (χ3v) is 6.36. The number of unbranched alkanes of at least 4 members (excludes halogenated alkanes) is 2. The second-order valence-electron chi connectivity index (χ2n) is 8.47. The van der Waals surface area contributed by atoms with Crippen LogP contribution in [0.3, 0.4) is 0 Å². The standard InChI is InChI=1S/C23H31N3O5/c1-3-15(2)20(22(29)30)24-19(27)11-5-4-8-12-25-21(28)18-13-16-9-6-7-10-17(16)14-26(18)23(25)31/h6-7,9-10,15,18,20H,3-5,8,11-14H2,1-2H3,(H,24,27)(H,29,30)/t15?,18-,20-/m0/s1. The van der Waals surface area contributed by atoms with Gasteiger partial charge in [0.1, 0.15) is 12.1 Å². The molecule has 4 amide bonds. The van der Waals surface area contributed by atoms with Gasteiger partial charge in [-0.2, -0.15) is 0 Å². The Morgan fingerprint density at radius 3 is 2.55 bits per heavy atom. The quantitative estimate of drug-likeness (QED) is 0.439. The molecule has 168 valence electrons. The normalized spacial score (nSPS) is 19.6. The van der Waals surface area contributed by atoms with Gasteiger partial charge >= 0.3 is 12.0 Å². The minimum absolute atomic E-state index is 0.140. The SMILES string of the molecule is CCC(C)[C@H](NC(=O)CCCCCN1C(=O)[C@@H]2Cc3ccccc3CN2C1=O)C(=O)O. The monoisotopic (exact) mass is 429 g/mol. The molecule has 3 atom stereocenters. The Morgan fingerprint density at radius 2 is 1.87 bits per heavy atom. The van der Waals surface area contributed by atoms with Crippen LogP contribution in [0.2, 0.25) is 0 Å². The average Bonchev–Trinajstić information content (AvgIpc) is 2.99. The molecule has 2 heterocycles. The van der Waals surface area contributed by atoms with Crippen LogP contribution in [0.4, 0.5) is 4.79 Å². The van der Waals surface area contributed by atoms with Gasteiger partial charge in [0.15, 0.2) is 0 Å². The highest BCUT2D eigenvalue weighted by Gasteiger charge is 2.46. The van der Waals surface area contributed by atoms with E-state index in [9.17, 15) is 24.3 Å². The number of fused-ring (bicyclic) bond motifs is 2. The maximum atomic E-state index is 12.8. The number of rotatable bonds is 10. The molecule has 2 N–H and O–H groups in total. The number of imide groups is 1. The van der Waals surface area contributed by atoms with Crippen LogP contribution in [0.15, 0.2) is 24.3 Å². The van der Waals surface area contributed by atoms with Gasteiger partial charge < -0.3 is 15.3 Å². The zero-order chi connectivity index (χ0) is 22.5. The molecule has 2 aliphatic heterocycles. The Morgan fingerprint density at radius 1 is 1.16 bits per heavy atom. The molecule has 8 heteroatoms. The highest BCUT2D eigenvalue weighted by molar-refractivity contribution is 6.04. The van der Waals surface area contributed by atoms with E-state index in [-0.39, 0.29) is 30.2 Å². The summed E-state index contributed by atoms with van der Waals surface area (Å²) in [5.41, 5.74) is 2.21. The third-order valence-electron chi connectivity index (χ3n) is 6.36. The summed E-state index contributed by atoms with van der Waals surface area (Å²) >= 11 is 0. The van der Waals surface area contributed by atoms with E-state index in [0.717, 1.165) is 11.1 Å². The first-order valence-corrected chi connectivity index (χ1v) is 11.0. The lowest BCUT2D eigenvalue weighted by molar-refractivity contribution is -0.143. The van der Waals surface area contributed by atoms with Crippen molar-refractivity contribution < 1.29 is 24.3 Å². The topological polar surface area (TPSA) is 107 Å². The molecular weight excluding hydrogens is 398 g/mol. The molecule has 0 spiro atoms. The lowest BCUT2D eigenvalue weighted by Crippen LogP contribution is -2.44. The minimum Gasteiger partial charge on any atom is -0.480 e. The summed E-state index contributed by atoms with van der Waals surface area (Å²) in [6, 6.07) is 6.37. The molecule has 3 rings (SSSR count). The smallest absolute Gasteiger partial charge is 0.327 e. The Balaban J connectivity index is 1.42. The van der Waals surface area contributed by atoms with E-state index in [0.29, 0.717) is 45.2 Å². The van der Waals surface area contributed by atoms with Gasteiger partial charge in [0, 0.05) is 25.9 Å². The average molecular weight is 430 g/mol. The summed E-state index contributed by atoms with van der Waals surface area (Å²) in [6.07, 6.45) is 3.32. The predicted molar refractivity (Wildman–Crippen MR) is 114 cm³/mol.